The third kappa shape index (κ3) is 2.06. The molecule has 2 aromatic rings. The summed E-state index contributed by atoms with van der Waals surface area (Å²) in [4.78, 5) is 12.4. The summed E-state index contributed by atoms with van der Waals surface area (Å²) < 4.78 is 2.08. The van der Waals surface area contributed by atoms with Gasteiger partial charge in [-0.2, -0.15) is 0 Å². The Balaban J connectivity index is 1.93. The Hall–Kier alpha value is -1.75. The second-order valence-corrected chi connectivity index (χ2v) is 4.33. The molecule has 3 heterocycles. The molecule has 1 aliphatic rings. The normalized spacial score (nSPS) is 20.4. The van der Waals surface area contributed by atoms with Crippen LogP contribution >= 0.6 is 0 Å². The highest BCUT2D eigenvalue weighted by atomic mass is 15.1. The predicted octanol–water partition coefficient (Wildman–Crippen LogP) is 1.13. The lowest BCUT2D eigenvalue weighted by atomic mass is 9.96. The second kappa shape index (κ2) is 4.63. The summed E-state index contributed by atoms with van der Waals surface area (Å²) >= 11 is 0. The first-order valence-electron chi connectivity index (χ1n) is 5.93. The molecular formula is C12H15N5. The predicted molar refractivity (Wildman–Crippen MR) is 64.0 cm³/mol. The van der Waals surface area contributed by atoms with Crippen LogP contribution in [0.5, 0.6) is 0 Å². The van der Waals surface area contributed by atoms with E-state index >= 15 is 0 Å². The Morgan fingerprint density at radius 2 is 2.06 bits per heavy atom. The van der Waals surface area contributed by atoms with E-state index in [0.29, 0.717) is 5.92 Å². The molecule has 0 bridgehead atoms. The average molecular weight is 229 g/mol. The molecule has 0 amide bonds. The van der Waals surface area contributed by atoms with Gasteiger partial charge in [0, 0.05) is 24.4 Å². The molecule has 0 spiro atoms. The van der Waals surface area contributed by atoms with Gasteiger partial charge < -0.3 is 5.32 Å². The Bertz CT molecular complexity index is 473. The van der Waals surface area contributed by atoms with Crippen LogP contribution in [-0.4, -0.2) is 32.6 Å². The van der Waals surface area contributed by atoms with E-state index in [0.717, 1.165) is 18.8 Å². The third-order valence-corrected chi connectivity index (χ3v) is 3.21. The molecule has 1 unspecified atom stereocenters. The van der Waals surface area contributed by atoms with Crippen LogP contribution in [0, 0.1) is 0 Å². The van der Waals surface area contributed by atoms with Gasteiger partial charge in [-0.3, -0.25) is 4.57 Å². The fourth-order valence-corrected chi connectivity index (χ4v) is 2.34. The van der Waals surface area contributed by atoms with E-state index in [1.165, 1.54) is 18.5 Å². The Labute approximate surface area is 99.9 Å². The summed E-state index contributed by atoms with van der Waals surface area (Å²) in [6.07, 6.45) is 11.4. The van der Waals surface area contributed by atoms with Gasteiger partial charge in [-0.25, -0.2) is 15.0 Å². The Kier molecular flexibility index (Phi) is 2.83. The van der Waals surface area contributed by atoms with Crippen LogP contribution in [0.15, 0.2) is 31.2 Å². The maximum Gasteiger partial charge on any atom is 0.115 e. The monoisotopic (exact) mass is 229 g/mol. The highest BCUT2D eigenvalue weighted by molar-refractivity contribution is 5.29. The molecule has 3 rings (SSSR count). The lowest BCUT2D eigenvalue weighted by molar-refractivity contribution is 0.451. The standard InChI is InChI=1S/C12H15N5/c1-2-10(4-13-3-1)12-7-16-9-17(12)11-5-14-8-15-6-11/h5-10,13H,1-4H2. The summed E-state index contributed by atoms with van der Waals surface area (Å²) in [7, 11) is 0. The highest BCUT2D eigenvalue weighted by Crippen LogP contribution is 2.24. The van der Waals surface area contributed by atoms with Crippen molar-refractivity contribution in [2.75, 3.05) is 13.1 Å². The maximum atomic E-state index is 4.25. The molecule has 5 heteroatoms. The number of aromatic nitrogens is 4. The van der Waals surface area contributed by atoms with Gasteiger partial charge in [0.1, 0.15) is 6.33 Å². The molecule has 1 fully saturated rings. The van der Waals surface area contributed by atoms with Crippen LogP contribution in [0.2, 0.25) is 0 Å². The van der Waals surface area contributed by atoms with Crippen LogP contribution in [0.3, 0.4) is 0 Å². The van der Waals surface area contributed by atoms with Crippen molar-refractivity contribution in [1.29, 1.82) is 0 Å². The van der Waals surface area contributed by atoms with Crippen molar-refractivity contribution in [2.24, 2.45) is 0 Å². The van der Waals surface area contributed by atoms with E-state index in [1.54, 1.807) is 6.33 Å². The van der Waals surface area contributed by atoms with E-state index in [2.05, 4.69) is 24.8 Å². The molecule has 1 atom stereocenters. The van der Waals surface area contributed by atoms with E-state index in [1.807, 2.05) is 24.9 Å². The first kappa shape index (κ1) is 10.4. The van der Waals surface area contributed by atoms with Crippen molar-refractivity contribution in [3.8, 4) is 5.69 Å². The SMILES string of the molecule is c1ncc(-n2cncc2C2CCCNC2)cn1. The third-order valence-electron chi connectivity index (χ3n) is 3.21. The minimum absolute atomic E-state index is 0.534. The maximum absolute atomic E-state index is 4.25. The van der Waals surface area contributed by atoms with Gasteiger partial charge in [0.15, 0.2) is 0 Å². The molecule has 1 saturated heterocycles. The Morgan fingerprint density at radius 1 is 1.18 bits per heavy atom. The van der Waals surface area contributed by atoms with E-state index in [9.17, 15) is 0 Å². The number of nitrogens with zero attached hydrogens (tertiary/aromatic N) is 4. The molecule has 0 aliphatic carbocycles. The summed E-state index contributed by atoms with van der Waals surface area (Å²) in [5.74, 6) is 0.534. The zero-order chi connectivity index (χ0) is 11.5. The van der Waals surface area contributed by atoms with Gasteiger partial charge in [0.05, 0.1) is 24.4 Å². The lowest BCUT2D eigenvalue weighted by Gasteiger charge is -2.23. The van der Waals surface area contributed by atoms with E-state index < -0.39 is 0 Å². The van der Waals surface area contributed by atoms with E-state index in [4.69, 9.17) is 0 Å². The van der Waals surface area contributed by atoms with Gasteiger partial charge in [0.25, 0.3) is 0 Å². The summed E-state index contributed by atoms with van der Waals surface area (Å²) in [6.45, 7) is 2.15. The van der Waals surface area contributed by atoms with Crippen LogP contribution in [0.4, 0.5) is 0 Å². The lowest BCUT2D eigenvalue weighted by Crippen LogP contribution is -2.29. The molecule has 88 valence electrons. The first-order chi connectivity index (χ1) is 8.45. The van der Waals surface area contributed by atoms with Crippen molar-refractivity contribution in [2.45, 2.75) is 18.8 Å². The van der Waals surface area contributed by atoms with Gasteiger partial charge >= 0.3 is 0 Å². The van der Waals surface area contributed by atoms with Crippen molar-refractivity contribution in [1.82, 2.24) is 24.8 Å². The molecular weight excluding hydrogens is 214 g/mol. The zero-order valence-corrected chi connectivity index (χ0v) is 9.58. The van der Waals surface area contributed by atoms with Crippen molar-refractivity contribution >= 4 is 0 Å². The highest BCUT2D eigenvalue weighted by Gasteiger charge is 2.19. The van der Waals surface area contributed by atoms with Crippen molar-refractivity contribution < 1.29 is 0 Å². The topological polar surface area (TPSA) is 55.6 Å². The average Bonchev–Trinajstić information content (AvgIpc) is 2.90. The number of nitrogens with one attached hydrogen (secondary N) is 1. The van der Waals surface area contributed by atoms with Gasteiger partial charge in [-0.05, 0) is 19.4 Å². The van der Waals surface area contributed by atoms with Crippen LogP contribution < -0.4 is 5.32 Å². The molecule has 0 saturated carbocycles. The minimum Gasteiger partial charge on any atom is -0.316 e. The number of hydrogen-bond donors (Lipinski definition) is 1. The number of hydrogen-bond acceptors (Lipinski definition) is 4. The molecule has 0 aromatic carbocycles. The van der Waals surface area contributed by atoms with Crippen LogP contribution in [0.1, 0.15) is 24.5 Å². The van der Waals surface area contributed by atoms with Crippen molar-refractivity contribution in [3.63, 3.8) is 0 Å². The minimum atomic E-state index is 0.534. The van der Waals surface area contributed by atoms with Crippen molar-refractivity contribution in [3.05, 3.63) is 36.9 Å². The Morgan fingerprint density at radius 3 is 2.82 bits per heavy atom. The largest absolute Gasteiger partial charge is 0.316 e. The summed E-state index contributed by atoms with van der Waals surface area (Å²) in [5, 5.41) is 3.43. The molecule has 0 radical (unpaired) electrons. The number of piperidine rings is 1. The molecule has 1 aliphatic heterocycles. The summed E-state index contributed by atoms with van der Waals surface area (Å²) in [6, 6.07) is 0. The molecule has 2 aromatic heterocycles. The summed E-state index contributed by atoms with van der Waals surface area (Å²) in [5.41, 5.74) is 2.22. The van der Waals surface area contributed by atoms with Crippen LogP contribution in [-0.2, 0) is 0 Å². The number of rotatable bonds is 2. The fourth-order valence-electron chi connectivity index (χ4n) is 2.34. The quantitative estimate of drug-likeness (QED) is 0.838. The second-order valence-electron chi connectivity index (χ2n) is 4.33. The van der Waals surface area contributed by atoms with Gasteiger partial charge in [-0.1, -0.05) is 0 Å². The smallest absolute Gasteiger partial charge is 0.115 e. The van der Waals surface area contributed by atoms with Gasteiger partial charge in [0.2, 0.25) is 0 Å². The van der Waals surface area contributed by atoms with Crippen LogP contribution in [0.25, 0.3) is 5.69 Å². The molecule has 1 N–H and O–H groups in total. The fraction of sp³-hybridized carbons (Fsp3) is 0.417. The first-order valence-corrected chi connectivity index (χ1v) is 5.93. The van der Waals surface area contributed by atoms with Gasteiger partial charge in [-0.15, -0.1) is 0 Å². The number of imidazole rings is 1. The van der Waals surface area contributed by atoms with E-state index in [-0.39, 0.29) is 0 Å². The molecule has 17 heavy (non-hydrogen) atoms. The zero-order valence-electron chi connectivity index (χ0n) is 9.58. The molecule has 5 nitrogen and oxygen atoms in total.